The molecule has 1 aromatic carbocycles. The molecule has 1 aromatic rings. The van der Waals surface area contributed by atoms with E-state index in [2.05, 4.69) is 10.6 Å². The number of likely N-dealkylation sites (N-methyl/N-ethyl adjacent to an activating group) is 1. The van der Waals surface area contributed by atoms with Gasteiger partial charge in [0.1, 0.15) is 11.8 Å². The summed E-state index contributed by atoms with van der Waals surface area (Å²) >= 11 is 5.90. The van der Waals surface area contributed by atoms with Crippen molar-refractivity contribution in [1.82, 2.24) is 5.32 Å². The van der Waals surface area contributed by atoms with Crippen LogP contribution in [0.5, 0.6) is 5.75 Å². The molecule has 0 fully saturated rings. The van der Waals surface area contributed by atoms with Gasteiger partial charge in [-0.25, -0.2) is 0 Å². The molecule has 0 spiro atoms. The first-order valence-corrected chi connectivity index (χ1v) is 5.84. The highest BCUT2D eigenvalue weighted by Crippen LogP contribution is 2.28. The van der Waals surface area contributed by atoms with E-state index in [9.17, 15) is 4.79 Å². The van der Waals surface area contributed by atoms with Crippen molar-refractivity contribution in [1.29, 1.82) is 0 Å². The minimum absolute atomic E-state index is 0.0606. The lowest BCUT2D eigenvalue weighted by atomic mass is 10.2. The van der Waals surface area contributed by atoms with Gasteiger partial charge in [-0.15, -0.1) is 0 Å². The molecule has 0 saturated carbocycles. The zero-order valence-corrected chi connectivity index (χ0v) is 11.0. The molecule has 4 nitrogen and oxygen atoms in total. The summed E-state index contributed by atoms with van der Waals surface area (Å²) in [5.74, 6) is 0.597. The van der Waals surface area contributed by atoms with Gasteiger partial charge in [-0.2, -0.15) is 0 Å². The van der Waals surface area contributed by atoms with Crippen molar-refractivity contribution in [3.63, 3.8) is 0 Å². The minimum atomic E-state index is -0.345. The number of halogens is 1. The highest BCUT2D eigenvalue weighted by atomic mass is 35.5. The largest absolute Gasteiger partial charge is 0.495 e. The molecule has 1 rings (SSSR count). The van der Waals surface area contributed by atoms with E-state index >= 15 is 0 Å². The number of nitrogens with one attached hydrogen (secondary N) is 2. The summed E-state index contributed by atoms with van der Waals surface area (Å²) in [6, 6.07) is 4.88. The Labute approximate surface area is 106 Å². The fraction of sp³-hybridized carbons (Fsp3) is 0.417. The Bertz CT molecular complexity index is 396. The first-order chi connectivity index (χ1) is 8.08. The SMILES string of the molecule is CCNC(=O)C(C)Nc1cc(Cl)ccc1OC. The predicted octanol–water partition coefficient (Wildman–Crippen LogP) is 2.29. The summed E-state index contributed by atoms with van der Waals surface area (Å²) in [7, 11) is 1.57. The van der Waals surface area contributed by atoms with Crippen LogP contribution in [0, 0.1) is 0 Å². The average Bonchev–Trinajstić information content (AvgIpc) is 2.29. The maximum absolute atomic E-state index is 11.6. The van der Waals surface area contributed by atoms with Crippen molar-refractivity contribution in [3.05, 3.63) is 23.2 Å². The zero-order valence-electron chi connectivity index (χ0n) is 10.2. The number of ether oxygens (including phenoxy) is 1. The molecule has 2 N–H and O–H groups in total. The third-order valence-corrected chi connectivity index (χ3v) is 2.51. The smallest absolute Gasteiger partial charge is 0.242 e. The van der Waals surface area contributed by atoms with E-state index in [4.69, 9.17) is 16.3 Å². The van der Waals surface area contributed by atoms with Gasteiger partial charge in [0.25, 0.3) is 0 Å². The van der Waals surface area contributed by atoms with Crippen LogP contribution in [0.15, 0.2) is 18.2 Å². The van der Waals surface area contributed by atoms with Crippen molar-refractivity contribution >= 4 is 23.2 Å². The second kappa shape index (κ2) is 6.35. The third-order valence-electron chi connectivity index (χ3n) is 2.28. The van der Waals surface area contributed by atoms with Gasteiger partial charge in [-0.3, -0.25) is 4.79 Å². The van der Waals surface area contributed by atoms with Crippen LogP contribution in [0.25, 0.3) is 0 Å². The Hall–Kier alpha value is -1.42. The zero-order chi connectivity index (χ0) is 12.8. The molecule has 0 bridgehead atoms. The van der Waals surface area contributed by atoms with Crippen molar-refractivity contribution in [2.75, 3.05) is 19.0 Å². The lowest BCUT2D eigenvalue weighted by Gasteiger charge is -2.17. The van der Waals surface area contributed by atoms with Gasteiger partial charge in [0.15, 0.2) is 0 Å². The van der Waals surface area contributed by atoms with Crippen LogP contribution in [-0.2, 0) is 4.79 Å². The standard InChI is InChI=1S/C12H17ClN2O2/c1-4-14-12(16)8(2)15-10-7-9(13)5-6-11(10)17-3/h5-8,15H,4H2,1-3H3,(H,14,16). The van der Waals surface area contributed by atoms with Gasteiger partial charge >= 0.3 is 0 Å². The number of rotatable bonds is 5. The number of hydrogen-bond donors (Lipinski definition) is 2. The van der Waals surface area contributed by atoms with Crippen molar-refractivity contribution in [2.45, 2.75) is 19.9 Å². The monoisotopic (exact) mass is 256 g/mol. The van der Waals surface area contributed by atoms with Crippen LogP contribution in [0.1, 0.15) is 13.8 Å². The lowest BCUT2D eigenvalue weighted by Crippen LogP contribution is -2.37. The van der Waals surface area contributed by atoms with E-state index in [0.29, 0.717) is 23.0 Å². The molecule has 5 heteroatoms. The Morgan fingerprint density at radius 3 is 2.82 bits per heavy atom. The van der Waals surface area contributed by atoms with E-state index < -0.39 is 0 Å². The lowest BCUT2D eigenvalue weighted by molar-refractivity contribution is -0.121. The fourth-order valence-electron chi connectivity index (χ4n) is 1.42. The van der Waals surface area contributed by atoms with Crippen LogP contribution < -0.4 is 15.4 Å². The van der Waals surface area contributed by atoms with Gasteiger partial charge in [-0.1, -0.05) is 11.6 Å². The third kappa shape index (κ3) is 3.82. The molecular weight excluding hydrogens is 240 g/mol. The number of carbonyl (C=O) groups excluding carboxylic acids is 1. The number of benzene rings is 1. The van der Waals surface area contributed by atoms with E-state index in [-0.39, 0.29) is 11.9 Å². The molecule has 0 aliphatic rings. The summed E-state index contributed by atoms with van der Waals surface area (Å²) in [6.45, 7) is 4.27. The van der Waals surface area contributed by atoms with Crippen LogP contribution in [0.2, 0.25) is 5.02 Å². The predicted molar refractivity (Wildman–Crippen MR) is 69.8 cm³/mol. The molecule has 1 unspecified atom stereocenters. The maximum atomic E-state index is 11.6. The Kier molecular flexibility index (Phi) is 5.10. The average molecular weight is 257 g/mol. The van der Waals surface area contributed by atoms with E-state index in [1.807, 2.05) is 6.92 Å². The summed E-state index contributed by atoms with van der Waals surface area (Å²) < 4.78 is 5.19. The van der Waals surface area contributed by atoms with Crippen LogP contribution >= 0.6 is 11.6 Å². The molecule has 94 valence electrons. The van der Waals surface area contributed by atoms with Gasteiger partial charge in [0, 0.05) is 11.6 Å². The molecule has 17 heavy (non-hydrogen) atoms. The second-order valence-corrected chi connectivity index (χ2v) is 4.04. The number of carbonyl (C=O) groups is 1. The van der Waals surface area contributed by atoms with E-state index in [1.165, 1.54) is 0 Å². The van der Waals surface area contributed by atoms with E-state index in [1.54, 1.807) is 32.2 Å². The summed E-state index contributed by atoms with van der Waals surface area (Å²) in [4.78, 5) is 11.6. The summed E-state index contributed by atoms with van der Waals surface area (Å²) in [5, 5.41) is 6.40. The molecule has 0 heterocycles. The van der Waals surface area contributed by atoms with Crippen LogP contribution in [-0.4, -0.2) is 25.6 Å². The molecular formula is C12H17ClN2O2. The molecule has 0 aliphatic heterocycles. The normalized spacial score (nSPS) is 11.8. The quantitative estimate of drug-likeness (QED) is 0.850. The minimum Gasteiger partial charge on any atom is -0.495 e. The van der Waals surface area contributed by atoms with Gasteiger partial charge in [0.2, 0.25) is 5.91 Å². The highest BCUT2D eigenvalue weighted by molar-refractivity contribution is 6.30. The van der Waals surface area contributed by atoms with Gasteiger partial charge in [-0.05, 0) is 32.0 Å². The summed E-state index contributed by atoms with van der Waals surface area (Å²) in [5.41, 5.74) is 0.707. The molecule has 0 aliphatic carbocycles. The molecule has 0 saturated heterocycles. The molecule has 1 atom stereocenters. The van der Waals surface area contributed by atoms with Crippen molar-refractivity contribution in [2.24, 2.45) is 0 Å². The van der Waals surface area contributed by atoms with Gasteiger partial charge < -0.3 is 15.4 Å². The van der Waals surface area contributed by atoms with Crippen LogP contribution in [0.4, 0.5) is 5.69 Å². The summed E-state index contributed by atoms with van der Waals surface area (Å²) in [6.07, 6.45) is 0. The number of anilines is 1. The first kappa shape index (κ1) is 13.6. The van der Waals surface area contributed by atoms with Crippen molar-refractivity contribution < 1.29 is 9.53 Å². The number of methoxy groups -OCH3 is 1. The molecule has 0 aromatic heterocycles. The topological polar surface area (TPSA) is 50.4 Å². The number of amides is 1. The van der Waals surface area contributed by atoms with Gasteiger partial charge in [0.05, 0.1) is 12.8 Å². The van der Waals surface area contributed by atoms with Crippen molar-refractivity contribution in [3.8, 4) is 5.75 Å². The molecule has 0 radical (unpaired) electrons. The highest BCUT2D eigenvalue weighted by Gasteiger charge is 2.13. The van der Waals surface area contributed by atoms with Crippen LogP contribution in [0.3, 0.4) is 0 Å². The fourth-order valence-corrected chi connectivity index (χ4v) is 1.59. The Morgan fingerprint density at radius 2 is 2.24 bits per heavy atom. The number of hydrogen-bond acceptors (Lipinski definition) is 3. The Balaban J connectivity index is 2.79. The second-order valence-electron chi connectivity index (χ2n) is 3.61. The first-order valence-electron chi connectivity index (χ1n) is 5.46. The van der Waals surface area contributed by atoms with E-state index in [0.717, 1.165) is 0 Å². The maximum Gasteiger partial charge on any atom is 0.242 e. The molecule has 1 amide bonds. The Morgan fingerprint density at radius 1 is 1.53 bits per heavy atom.